The van der Waals surface area contributed by atoms with Crippen molar-refractivity contribution in [2.75, 3.05) is 5.32 Å². The predicted octanol–water partition coefficient (Wildman–Crippen LogP) is 3.76. The standard InChI is InChI=1S/C15H12ClNO/c16-15-11(10-4-2-1-3-5-10)6-8-13-12(15)7-9-14(18)17-13/h1-9,14,17-18H. The van der Waals surface area contributed by atoms with Crippen LogP contribution in [0.2, 0.25) is 5.02 Å². The maximum atomic E-state index is 9.49. The summed E-state index contributed by atoms with van der Waals surface area (Å²) in [5, 5.41) is 13.2. The highest BCUT2D eigenvalue weighted by atomic mass is 35.5. The predicted molar refractivity (Wildman–Crippen MR) is 75.6 cm³/mol. The second-order valence-corrected chi connectivity index (χ2v) is 4.58. The molecule has 1 heterocycles. The van der Waals surface area contributed by atoms with E-state index in [1.54, 1.807) is 6.08 Å². The van der Waals surface area contributed by atoms with E-state index in [2.05, 4.69) is 5.32 Å². The number of hydrogen-bond acceptors (Lipinski definition) is 2. The lowest BCUT2D eigenvalue weighted by Gasteiger charge is -2.20. The Morgan fingerprint density at radius 2 is 1.83 bits per heavy atom. The van der Waals surface area contributed by atoms with Crippen molar-refractivity contribution in [3.63, 3.8) is 0 Å². The Balaban J connectivity index is 2.14. The van der Waals surface area contributed by atoms with Crippen LogP contribution in [0, 0.1) is 0 Å². The molecule has 0 radical (unpaired) electrons. The third kappa shape index (κ3) is 1.90. The zero-order chi connectivity index (χ0) is 12.5. The van der Waals surface area contributed by atoms with Crippen LogP contribution in [0.4, 0.5) is 5.69 Å². The second-order valence-electron chi connectivity index (χ2n) is 4.20. The molecule has 0 saturated heterocycles. The molecule has 18 heavy (non-hydrogen) atoms. The molecule has 1 unspecified atom stereocenters. The van der Waals surface area contributed by atoms with E-state index in [4.69, 9.17) is 11.6 Å². The van der Waals surface area contributed by atoms with E-state index in [-0.39, 0.29) is 0 Å². The van der Waals surface area contributed by atoms with Gasteiger partial charge in [-0.25, -0.2) is 0 Å². The van der Waals surface area contributed by atoms with Gasteiger partial charge in [-0.1, -0.05) is 54.1 Å². The van der Waals surface area contributed by atoms with Crippen LogP contribution in [0.1, 0.15) is 5.56 Å². The minimum Gasteiger partial charge on any atom is -0.370 e. The van der Waals surface area contributed by atoms with Crippen LogP contribution in [0.3, 0.4) is 0 Å². The van der Waals surface area contributed by atoms with Crippen molar-refractivity contribution < 1.29 is 5.11 Å². The highest BCUT2D eigenvalue weighted by Crippen LogP contribution is 2.37. The number of rotatable bonds is 1. The molecule has 0 amide bonds. The summed E-state index contributed by atoms with van der Waals surface area (Å²) in [4.78, 5) is 0. The Kier molecular flexibility index (Phi) is 2.82. The second kappa shape index (κ2) is 4.48. The van der Waals surface area contributed by atoms with E-state index < -0.39 is 6.23 Å². The summed E-state index contributed by atoms with van der Waals surface area (Å²) < 4.78 is 0. The first kappa shape index (κ1) is 11.3. The van der Waals surface area contributed by atoms with Crippen LogP contribution in [0.25, 0.3) is 17.2 Å². The van der Waals surface area contributed by atoms with Crippen LogP contribution < -0.4 is 5.32 Å². The lowest BCUT2D eigenvalue weighted by atomic mass is 10.00. The van der Waals surface area contributed by atoms with Crippen LogP contribution in [-0.4, -0.2) is 11.3 Å². The lowest BCUT2D eigenvalue weighted by Crippen LogP contribution is -2.18. The molecular formula is C15H12ClNO. The van der Waals surface area contributed by atoms with Crippen LogP contribution >= 0.6 is 11.6 Å². The molecule has 0 aliphatic carbocycles. The van der Waals surface area contributed by atoms with Gasteiger partial charge in [0.25, 0.3) is 0 Å². The molecule has 1 aliphatic heterocycles. The number of fused-ring (bicyclic) bond motifs is 1. The maximum absolute atomic E-state index is 9.49. The van der Waals surface area contributed by atoms with E-state index >= 15 is 0 Å². The van der Waals surface area contributed by atoms with Crippen molar-refractivity contribution in [1.82, 2.24) is 0 Å². The highest BCUT2D eigenvalue weighted by molar-refractivity contribution is 6.35. The Bertz CT molecular complexity index is 607. The van der Waals surface area contributed by atoms with Gasteiger partial charge in [0, 0.05) is 16.8 Å². The summed E-state index contributed by atoms with van der Waals surface area (Å²) in [7, 11) is 0. The summed E-state index contributed by atoms with van der Waals surface area (Å²) >= 11 is 6.44. The van der Waals surface area contributed by atoms with Gasteiger partial charge in [0.15, 0.2) is 0 Å². The number of halogens is 1. The van der Waals surface area contributed by atoms with Gasteiger partial charge in [-0.05, 0) is 17.7 Å². The van der Waals surface area contributed by atoms with Crippen molar-refractivity contribution >= 4 is 23.4 Å². The average molecular weight is 258 g/mol. The van der Waals surface area contributed by atoms with E-state index in [9.17, 15) is 5.11 Å². The normalized spacial score (nSPS) is 17.1. The van der Waals surface area contributed by atoms with Gasteiger partial charge in [0.2, 0.25) is 0 Å². The molecule has 2 N–H and O–H groups in total. The van der Waals surface area contributed by atoms with Gasteiger partial charge in [0.05, 0.1) is 5.02 Å². The Morgan fingerprint density at radius 3 is 2.61 bits per heavy atom. The third-order valence-corrected chi connectivity index (χ3v) is 3.42. The third-order valence-electron chi connectivity index (χ3n) is 3.01. The molecule has 0 fully saturated rings. The van der Waals surface area contributed by atoms with E-state index in [0.29, 0.717) is 5.02 Å². The molecule has 0 aromatic heterocycles. The Hall–Kier alpha value is -1.77. The molecule has 0 saturated carbocycles. The number of anilines is 1. The van der Waals surface area contributed by atoms with Gasteiger partial charge in [-0.15, -0.1) is 0 Å². The van der Waals surface area contributed by atoms with Gasteiger partial charge < -0.3 is 10.4 Å². The molecule has 1 aliphatic rings. The van der Waals surface area contributed by atoms with Crippen molar-refractivity contribution in [3.8, 4) is 11.1 Å². The summed E-state index contributed by atoms with van der Waals surface area (Å²) in [6.45, 7) is 0. The van der Waals surface area contributed by atoms with Gasteiger partial charge >= 0.3 is 0 Å². The fourth-order valence-corrected chi connectivity index (χ4v) is 2.45. The molecule has 0 bridgehead atoms. The fraction of sp³-hybridized carbons (Fsp3) is 0.0667. The smallest absolute Gasteiger partial charge is 0.144 e. The van der Waals surface area contributed by atoms with E-state index in [1.807, 2.05) is 48.5 Å². The van der Waals surface area contributed by atoms with Crippen LogP contribution in [-0.2, 0) is 0 Å². The first-order valence-corrected chi connectivity index (χ1v) is 6.14. The van der Waals surface area contributed by atoms with Gasteiger partial charge in [-0.2, -0.15) is 0 Å². The van der Waals surface area contributed by atoms with E-state index in [1.165, 1.54) is 0 Å². The van der Waals surface area contributed by atoms with Crippen LogP contribution in [0.5, 0.6) is 0 Å². The number of benzene rings is 2. The number of aliphatic hydroxyl groups excluding tert-OH is 1. The van der Waals surface area contributed by atoms with Crippen molar-refractivity contribution in [1.29, 1.82) is 0 Å². The van der Waals surface area contributed by atoms with Crippen molar-refractivity contribution in [2.45, 2.75) is 6.23 Å². The van der Waals surface area contributed by atoms with E-state index in [0.717, 1.165) is 22.4 Å². The summed E-state index contributed by atoms with van der Waals surface area (Å²) in [6, 6.07) is 13.9. The minimum absolute atomic E-state index is 0.642. The number of nitrogens with one attached hydrogen (secondary N) is 1. The molecule has 2 aromatic rings. The monoisotopic (exact) mass is 257 g/mol. The zero-order valence-corrected chi connectivity index (χ0v) is 10.4. The molecule has 1 atom stereocenters. The molecular weight excluding hydrogens is 246 g/mol. The lowest BCUT2D eigenvalue weighted by molar-refractivity contribution is 0.252. The first-order valence-electron chi connectivity index (χ1n) is 5.76. The largest absolute Gasteiger partial charge is 0.370 e. The SMILES string of the molecule is OC1C=Cc2c(ccc(-c3ccccc3)c2Cl)N1. The highest BCUT2D eigenvalue weighted by Gasteiger charge is 2.15. The minimum atomic E-state index is -0.642. The molecule has 2 nitrogen and oxygen atoms in total. The first-order chi connectivity index (χ1) is 8.75. The number of hydrogen-bond donors (Lipinski definition) is 2. The van der Waals surface area contributed by atoms with Gasteiger partial charge in [-0.3, -0.25) is 0 Å². The molecule has 90 valence electrons. The maximum Gasteiger partial charge on any atom is 0.144 e. The van der Waals surface area contributed by atoms with Crippen molar-refractivity contribution in [3.05, 3.63) is 59.1 Å². The van der Waals surface area contributed by atoms with Crippen LogP contribution in [0.15, 0.2) is 48.5 Å². The average Bonchev–Trinajstić information content (AvgIpc) is 2.40. The summed E-state index contributed by atoms with van der Waals surface area (Å²) in [5.74, 6) is 0. The molecule has 3 heteroatoms. The topological polar surface area (TPSA) is 32.3 Å². The quantitative estimate of drug-likeness (QED) is 0.815. The Morgan fingerprint density at radius 1 is 1.06 bits per heavy atom. The summed E-state index contributed by atoms with van der Waals surface area (Å²) in [5.41, 5.74) is 3.86. The molecule has 0 spiro atoms. The molecule has 3 rings (SSSR count). The number of aliphatic hydroxyl groups is 1. The van der Waals surface area contributed by atoms with Crippen molar-refractivity contribution in [2.24, 2.45) is 0 Å². The molecule has 2 aromatic carbocycles. The Labute approximate surface area is 111 Å². The van der Waals surface area contributed by atoms with Gasteiger partial charge in [0.1, 0.15) is 6.23 Å². The summed E-state index contributed by atoms with van der Waals surface area (Å²) in [6.07, 6.45) is 2.89. The fourth-order valence-electron chi connectivity index (χ4n) is 2.12. The zero-order valence-electron chi connectivity index (χ0n) is 9.60.